The van der Waals surface area contributed by atoms with E-state index in [4.69, 9.17) is 11.6 Å². The number of carbonyl (C=O) groups excluding carboxylic acids is 2. The summed E-state index contributed by atoms with van der Waals surface area (Å²) in [5.41, 5.74) is 2.68. The SMILES string of the molecule is O=C(O)C[C@@H](Cc1ccccc1)C(=O)N(c1nc(-c2cc(Cl)ccc2-c2ccc(N3CCCCC3=O)nc2)c(F)s1)C1CC1. The van der Waals surface area contributed by atoms with E-state index in [1.165, 1.54) is 4.90 Å². The van der Waals surface area contributed by atoms with Gasteiger partial charge in [0, 0.05) is 41.4 Å². The first-order valence-corrected chi connectivity index (χ1v) is 15.8. The van der Waals surface area contributed by atoms with Gasteiger partial charge in [0.05, 0.1) is 12.3 Å². The van der Waals surface area contributed by atoms with E-state index < -0.39 is 17.0 Å². The normalized spacial score (nSPS) is 15.7. The molecule has 11 heteroatoms. The summed E-state index contributed by atoms with van der Waals surface area (Å²) in [5.74, 6) is -1.67. The van der Waals surface area contributed by atoms with Gasteiger partial charge in [0.1, 0.15) is 11.5 Å². The number of rotatable bonds is 10. The van der Waals surface area contributed by atoms with Crippen molar-refractivity contribution in [2.24, 2.45) is 5.92 Å². The van der Waals surface area contributed by atoms with E-state index >= 15 is 4.39 Å². The lowest BCUT2D eigenvalue weighted by atomic mass is 9.94. The summed E-state index contributed by atoms with van der Waals surface area (Å²) in [6, 6.07) is 17.8. The zero-order valence-corrected chi connectivity index (χ0v) is 25.4. The van der Waals surface area contributed by atoms with E-state index in [0.717, 1.165) is 42.6 Å². The molecule has 0 bridgehead atoms. The average Bonchev–Trinajstić information content (AvgIpc) is 3.78. The maximum Gasteiger partial charge on any atom is 0.304 e. The Labute approximate surface area is 263 Å². The summed E-state index contributed by atoms with van der Waals surface area (Å²) < 4.78 is 15.8. The standard InChI is InChI=1S/C33H30ClFN4O4S/c34-23-10-13-25(21-9-14-27(36-19-21)38-15-5-4-8-28(38)40)26(18-23)30-31(35)44-33(37-30)39(24-11-12-24)32(43)22(17-29(41)42)16-20-6-2-1-3-7-20/h1-3,6-7,9-10,13-14,18-19,22,24H,4-5,8,11-12,15-17H2,(H,41,42)/t22-/m1/s1. The van der Waals surface area contributed by atoms with Crippen LogP contribution >= 0.6 is 22.9 Å². The van der Waals surface area contributed by atoms with Crippen LogP contribution in [-0.2, 0) is 20.8 Å². The van der Waals surface area contributed by atoms with Crippen molar-refractivity contribution in [2.45, 2.75) is 51.0 Å². The molecule has 1 saturated carbocycles. The molecule has 44 heavy (non-hydrogen) atoms. The number of benzene rings is 2. The molecule has 1 aliphatic carbocycles. The number of halogens is 2. The lowest BCUT2D eigenvalue weighted by Crippen LogP contribution is -2.39. The Morgan fingerprint density at radius 1 is 1.09 bits per heavy atom. The largest absolute Gasteiger partial charge is 0.481 e. The molecule has 2 fully saturated rings. The van der Waals surface area contributed by atoms with Crippen LogP contribution in [0.5, 0.6) is 0 Å². The fraction of sp³-hybridized carbons (Fsp3) is 0.303. The quantitative estimate of drug-likeness (QED) is 0.202. The number of carboxylic acid groups (broad SMARTS) is 1. The van der Waals surface area contributed by atoms with Gasteiger partial charge in [-0.3, -0.25) is 24.2 Å². The molecule has 0 unspecified atom stereocenters. The Bertz CT molecular complexity index is 1690. The minimum Gasteiger partial charge on any atom is -0.481 e. The Balaban J connectivity index is 1.32. The van der Waals surface area contributed by atoms with E-state index in [9.17, 15) is 19.5 Å². The summed E-state index contributed by atoms with van der Waals surface area (Å²) in [4.78, 5) is 50.3. The molecule has 1 N–H and O–H groups in total. The minimum absolute atomic E-state index is 0.0462. The lowest BCUT2D eigenvalue weighted by Gasteiger charge is -2.25. The maximum atomic E-state index is 15.8. The molecule has 2 aromatic heterocycles. The van der Waals surface area contributed by atoms with Gasteiger partial charge in [0.25, 0.3) is 0 Å². The van der Waals surface area contributed by atoms with Crippen molar-refractivity contribution >= 4 is 51.7 Å². The first-order valence-electron chi connectivity index (χ1n) is 14.6. The van der Waals surface area contributed by atoms with E-state index in [-0.39, 0.29) is 41.5 Å². The second-order valence-corrected chi connectivity index (χ2v) is 12.5. The van der Waals surface area contributed by atoms with Crippen LogP contribution in [0, 0.1) is 11.0 Å². The number of amides is 2. The molecule has 2 aromatic carbocycles. The third-order valence-corrected chi connectivity index (χ3v) is 9.00. The molecule has 1 saturated heterocycles. The molecule has 1 aliphatic heterocycles. The molecule has 8 nitrogen and oxygen atoms in total. The number of carboxylic acids is 1. The van der Waals surface area contributed by atoms with Gasteiger partial charge < -0.3 is 5.11 Å². The smallest absolute Gasteiger partial charge is 0.304 e. The highest BCUT2D eigenvalue weighted by Gasteiger charge is 2.40. The predicted octanol–water partition coefficient (Wildman–Crippen LogP) is 7.01. The Morgan fingerprint density at radius 2 is 1.89 bits per heavy atom. The highest BCUT2D eigenvalue weighted by molar-refractivity contribution is 7.14. The van der Waals surface area contributed by atoms with Gasteiger partial charge in [-0.15, -0.1) is 0 Å². The Morgan fingerprint density at radius 3 is 2.57 bits per heavy atom. The van der Waals surface area contributed by atoms with Crippen molar-refractivity contribution in [3.8, 4) is 22.4 Å². The number of hydrogen-bond donors (Lipinski definition) is 1. The van der Waals surface area contributed by atoms with Gasteiger partial charge in [0.15, 0.2) is 5.13 Å². The second-order valence-electron chi connectivity index (χ2n) is 11.1. The van der Waals surface area contributed by atoms with Gasteiger partial charge in [-0.25, -0.2) is 9.97 Å². The third-order valence-electron chi connectivity index (χ3n) is 7.92. The molecule has 226 valence electrons. The van der Waals surface area contributed by atoms with Crippen LogP contribution in [0.3, 0.4) is 0 Å². The van der Waals surface area contributed by atoms with Crippen molar-refractivity contribution in [3.63, 3.8) is 0 Å². The molecular weight excluding hydrogens is 603 g/mol. The Kier molecular flexibility index (Phi) is 8.72. The van der Waals surface area contributed by atoms with Crippen molar-refractivity contribution in [2.75, 3.05) is 16.3 Å². The molecule has 0 spiro atoms. The van der Waals surface area contributed by atoms with Crippen molar-refractivity contribution < 1.29 is 23.9 Å². The number of piperidine rings is 1. The van der Waals surface area contributed by atoms with E-state index in [2.05, 4.69) is 9.97 Å². The van der Waals surface area contributed by atoms with Crippen LogP contribution in [0.2, 0.25) is 5.02 Å². The monoisotopic (exact) mass is 632 g/mol. The number of thiazole rings is 1. The van der Waals surface area contributed by atoms with Gasteiger partial charge in [-0.05, 0) is 67.5 Å². The van der Waals surface area contributed by atoms with Crippen LogP contribution in [-0.4, -0.2) is 45.4 Å². The molecule has 0 radical (unpaired) electrons. The second kappa shape index (κ2) is 12.8. The van der Waals surface area contributed by atoms with Crippen LogP contribution in [0.1, 0.15) is 44.1 Å². The van der Waals surface area contributed by atoms with Crippen LogP contribution in [0.25, 0.3) is 22.4 Å². The molecule has 4 aromatic rings. The summed E-state index contributed by atoms with van der Waals surface area (Å²) in [6.45, 7) is 0.624. The summed E-state index contributed by atoms with van der Waals surface area (Å²) in [5, 5.41) is 9.60. The van der Waals surface area contributed by atoms with Gasteiger partial charge in [-0.2, -0.15) is 4.39 Å². The molecule has 1 atom stereocenters. The highest BCUT2D eigenvalue weighted by Crippen LogP contribution is 2.42. The van der Waals surface area contributed by atoms with Crippen molar-refractivity contribution in [3.05, 3.63) is 82.6 Å². The number of aliphatic carboxylic acids is 1. The zero-order valence-electron chi connectivity index (χ0n) is 23.8. The first kappa shape index (κ1) is 29.9. The number of pyridine rings is 1. The first-order chi connectivity index (χ1) is 21.3. The van der Waals surface area contributed by atoms with Gasteiger partial charge in [-0.1, -0.05) is 59.3 Å². The zero-order chi connectivity index (χ0) is 30.8. The molecule has 2 aliphatic rings. The number of aromatic nitrogens is 2. The molecule has 6 rings (SSSR count). The van der Waals surface area contributed by atoms with E-state index in [1.54, 1.807) is 35.4 Å². The van der Waals surface area contributed by atoms with Crippen LogP contribution in [0.15, 0.2) is 66.9 Å². The topological polar surface area (TPSA) is 104 Å². The number of anilines is 2. The summed E-state index contributed by atoms with van der Waals surface area (Å²) >= 11 is 7.13. The number of hydrogen-bond acceptors (Lipinski definition) is 6. The predicted molar refractivity (Wildman–Crippen MR) is 168 cm³/mol. The average molecular weight is 633 g/mol. The molecule has 2 amide bonds. The fourth-order valence-electron chi connectivity index (χ4n) is 5.59. The lowest BCUT2D eigenvalue weighted by molar-refractivity contribution is -0.140. The maximum absolute atomic E-state index is 15.8. The fourth-order valence-corrected chi connectivity index (χ4v) is 6.65. The van der Waals surface area contributed by atoms with E-state index in [0.29, 0.717) is 40.5 Å². The van der Waals surface area contributed by atoms with E-state index in [1.807, 2.05) is 36.4 Å². The van der Waals surface area contributed by atoms with Crippen molar-refractivity contribution in [1.82, 2.24) is 9.97 Å². The van der Waals surface area contributed by atoms with Crippen molar-refractivity contribution in [1.29, 1.82) is 0 Å². The number of carbonyl (C=O) groups is 3. The van der Waals surface area contributed by atoms with Gasteiger partial charge in [0.2, 0.25) is 16.9 Å². The van der Waals surface area contributed by atoms with Gasteiger partial charge >= 0.3 is 5.97 Å². The molecular formula is C33H30ClFN4O4S. The third kappa shape index (κ3) is 6.51. The van der Waals surface area contributed by atoms with Crippen LogP contribution in [0.4, 0.5) is 15.3 Å². The van der Waals surface area contributed by atoms with Crippen LogP contribution < -0.4 is 9.80 Å². The number of nitrogens with zero attached hydrogens (tertiary/aromatic N) is 4. The molecule has 3 heterocycles. The Hall–Kier alpha value is -4.15. The summed E-state index contributed by atoms with van der Waals surface area (Å²) in [6.07, 6.45) is 5.31. The summed E-state index contributed by atoms with van der Waals surface area (Å²) in [7, 11) is 0. The minimum atomic E-state index is -1.08. The highest BCUT2D eigenvalue weighted by atomic mass is 35.5.